The van der Waals surface area contributed by atoms with Crippen LogP contribution in [-0.4, -0.2) is 17.8 Å². The maximum atomic E-state index is 12.6. The van der Waals surface area contributed by atoms with Gasteiger partial charge in [-0.05, 0) is 19.8 Å². The molecule has 0 aromatic carbocycles. The summed E-state index contributed by atoms with van der Waals surface area (Å²) in [5.41, 5.74) is 0. The molecule has 1 saturated heterocycles. The van der Waals surface area contributed by atoms with Crippen LogP contribution in [0.4, 0.5) is 4.39 Å². The van der Waals surface area contributed by atoms with Gasteiger partial charge in [-0.25, -0.2) is 4.39 Å². The van der Waals surface area contributed by atoms with Crippen molar-refractivity contribution in [3.8, 4) is 0 Å². The number of rotatable bonds is 0. The van der Waals surface area contributed by atoms with Crippen LogP contribution in [0.1, 0.15) is 19.8 Å². The average molecular weight is 153 g/mol. The third kappa shape index (κ3) is 1.55. The molecule has 2 atom stereocenters. The van der Waals surface area contributed by atoms with Crippen LogP contribution in [0, 0.1) is 0 Å². The summed E-state index contributed by atoms with van der Waals surface area (Å²) in [4.78, 5) is -0.780. The van der Waals surface area contributed by atoms with Crippen LogP contribution in [0.2, 0.25) is 0 Å². The summed E-state index contributed by atoms with van der Waals surface area (Å²) in [5.74, 6) is 0. The van der Waals surface area contributed by atoms with Gasteiger partial charge in [0.25, 0.3) is 0 Å². The van der Waals surface area contributed by atoms with Gasteiger partial charge < -0.3 is 4.74 Å². The zero-order valence-electron chi connectivity index (χ0n) is 5.36. The van der Waals surface area contributed by atoms with Gasteiger partial charge in [0.05, 0.1) is 11.5 Å². The smallest absolute Gasteiger partial charge is 0.217 e. The van der Waals surface area contributed by atoms with E-state index in [-0.39, 0.29) is 0 Å². The van der Waals surface area contributed by atoms with Crippen molar-refractivity contribution in [1.82, 2.24) is 0 Å². The topological polar surface area (TPSA) is 9.23 Å². The zero-order valence-corrected chi connectivity index (χ0v) is 6.12. The molecule has 0 amide bonds. The molecule has 1 fully saturated rings. The van der Waals surface area contributed by atoms with E-state index in [0.717, 1.165) is 6.42 Å². The Morgan fingerprint density at radius 3 is 2.78 bits per heavy atom. The van der Waals surface area contributed by atoms with Crippen LogP contribution in [0.5, 0.6) is 0 Å². The number of hydrogen-bond acceptors (Lipinski definition) is 1. The molecular formula is C6H10ClFO. The summed E-state index contributed by atoms with van der Waals surface area (Å²) >= 11 is 5.72. The van der Waals surface area contributed by atoms with Crippen LogP contribution in [-0.2, 0) is 4.74 Å². The second kappa shape index (κ2) is 2.43. The highest BCUT2D eigenvalue weighted by Gasteiger charge is 2.35. The Kier molecular flexibility index (Phi) is 1.97. The molecule has 1 rings (SSSR count). The fourth-order valence-corrected chi connectivity index (χ4v) is 1.09. The van der Waals surface area contributed by atoms with Crippen molar-refractivity contribution in [3.05, 3.63) is 0 Å². The lowest BCUT2D eigenvalue weighted by Crippen LogP contribution is -2.36. The van der Waals surface area contributed by atoms with Crippen LogP contribution in [0.25, 0.3) is 0 Å². The van der Waals surface area contributed by atoms with Crippen molar-refractivity contribution in [2.75, 3.05) is 6.61 Å². The van der Waals surface area contributed by atoms with Crippen LogP contribution < -0.4 is 0 Å². The van der Waals surface area contributed by atoms with Gasteiger partial charge in [-0.3, -0.25) is 0 Å². The van der Waals surface area contributed by atoms with Gasteiger partial charge in [-0.1, -0.05) is 0 Å². The second-order valence-electron chi connectivity index (χ2n) is 2.57. The lowest BCUT2D eigenvalue weighted by molar-refractivity contribution is -0.0901. The first kappa shape index (κ1) is 7.29. The number of hydrogen-bond donors (Lipinski definition) is 0. The molecule has 0 aliphatic carbocycles. The van der Waals surface area contributed by atoms with E-state index in [0.29, 0.717) is 13.0 Å². The maximum absolute atomic E-state index is 12.6. The Bertz CT molecular complexity index is 105. The Morgan fingerprint density at radius 2 is 2.44 bits per heavy atom. The van der Waals surface area contributed by atoms with Gasteiger partial charge >= 0.3 is 0 Å². The van der Waals surface area contributed by atoms with Crippen LogP contribution in [0.3, 0.4) is 0 Å². The highest BCUT2D eigenvalue weighted by molar-refractivity contribution is 6.24. The number of ether oxygens (including phenoxy) is 1. The molecule has 0 N–H and O–H groups in total. The summed E-state index contributed by atoms with van der Waals surface area (Å²) in [6.45, 7) is 2.17. The fourth-order valence-electron chi connectivity index (χ4n) is 0.892. The molecule has 1 heterocycles. The molecule has 9 heavy (non-hydrogen) atoms. The Labute approximate surface area is 59.1 Å². The van der Waals surface area contributed by atoms with Gasteiger partial charge in [-0.2, -0.15) is 0 Å². The predicted molar refractivity (Wildman–Crippen MR) is 34.3 cm³/mol. The Hall–Kier alpha value is 0.180. The van der Waals surface area contributed by atoms with E-state index in [1.807, 2.05) is 0 Å². The monoisotopic (exact) mass is 152 g/mol. The molecule has 0 bridgehead atoms. The first-order chi connectivity index (χ1) is 4.13. The van der Waals surface area contributed by atoms with Gasteiger partial charge in [0, 0.05) is 0 Å². The highest BCUT2D eigenvalue weighted by Crippen LogP contribution is 2.31. The standard InChI is InChI=1S/C6H10ClFO/c1-6(7)3-2-4-9-5(6)8/h5H,2-4H2,1H3. The minimum atomic E-state index is -1.28. The summed E-state index contributed by atoms with van der Waals surface area (Å²) < 4.78 is 17.3. The SMILES string of the molecule is CC1(Cl)CCCOC1F. The van der Waals surface area contributed by atoms with E-state index in [9.17, 15) is 4.39 Å². The summed E-state index contributed by atoms with van der Waals surface area (Å²) in [5, 5.41) is 0. The number of alkyl halides is 2. The summed E-state index contributed by atoms with van der Waals surface area (Å²) in [6, 6.07) is 0. The first-order valence-electron chi connectivity index (χ1n) is 3.07. The third-order valence-electron chi connectivity index (χ3n) is 1.55. The van der Waals surface area contributed by atoms with Crippen molar-refractivity contribution in [2.45, 2.75) is 31.0 Å². The third-order valence-corrected chi connectivity index (χ3v) is 1.91. The van der Waals surface area contributed by atoms with Gasteiger partial charge in [0.2, 0.25) is 6.36 Å². The lowest BCUT2D eigenvalue weighted by Gasteiger charge is -2.30. The predicted octanol–water partition coefficient (Wildman–Crippen LogP) is 2.09. The van der Waals surface area contributed by atoms with E-state index in [1.54, 1.807) is 6.92 Å². The normalized spacial score (nSPS) is 45.0. The quantitative estimate of drug-likeness (QED) is 0.483. The van der Waals surface area contributed by atoms with E-state index in [2.05, 4.69) is 0 Å². The number of halogens is 2. The fraction of sp³-hybridized carbons (Fsp3) is 1.00. The van der Waals surface area contributed by atoms with Crippen molar-refractivity contribution in [3.63, 3.8) is 0 Å². The molecule has 3 heteroatoms. The highest BCUT2D eigenvalue weighted by atomic mass is 35.5. The van der Waals surface area contributed by atoms with Crippen molar-refractivity contribution in [2.24, 2.45) is 0 Å². The van der Waals surface area contributed by atoms with E-state index >= 15 is 0 Å². The molecule has 0 spiro atoms. The van der Waals surface area contributed by atoms with Crippen molar-refractivity contribution in [1.29, 1.82) is 0 Å². The molecule has 1 aliphatic heterocycles. The minimum Gasteiger partial charge on any atom is -0.347 e. The molecule has 2 unspecified atom stereocenters. The minimum absolute atomic E-state index is 0.503. The Balaban J connectivity index is 2.49. The molecule has 54 valence electrons. The van der Waals surface area contributed by atoms with Crippen molar-refractivity contribution >= 4 is 11.6 Å². The summed E-state index contributed by atoms with van der Waals surface area (Å²) in [7, 11) is 0. The van der Waals surface area contributed by atoms with E-state index in [1.165, 1.54) is 0 Å². The van der Waals surface area contributed by atoms with Crippen LogP contribution in [0.15, 0.2) is 0 Å². The van der Waals surface area contributed by atoms with E-state index in [4.69, 9.17) is 16.3 Å². The van der Waals surface area contributed by atoms with Gasteiger partial charge in [0.15, 0.2) is 0 Å². The van der Waals surface area contributed by atoms with Crippen molar-refractivity contribution < 1.29 is 9.13 Å². The van der Waals surface area contributed by atoms with Gasteiger partial charge in [0.1, 0.15) is 0 Å². The van der Waals surface area contributed by atoms with Crippen LogP contribution >= 0.6 is 11.6 Å². The molecule has 1 nitrogen and oxygen atoms in total. The molecule has 0 aromatic heterocycles. The average Bonchev–Trinajstić information content (AvgIpc) is 1.77. The summed E-state index contributed by atoms with van der Waals surface area (Å²) in [6.07, 6.45) is 0.281. The molecule has 0 aromatic rings. The molecule has 1 aliphatic rings. The largest absolute Gasteiger partial charge is 0.347 e. The Morgan fingerprint density at radius 1 is 1.78 bits per heavy atom. The van der Waals surface area contributed by atoms with Gasteiger partial charge in [-0.15, -0.1) is 11.6 Å². The second-order valence-corrected chi connectivity index (χ2v) is 3.43. The molecule has 0 saturated carbocycles. The molecular weight excluding hydrogens is 143 g/mol. The van der Waals surface area contributed by atoms with E-state index < -0.39 is 11.2 Å². The molecule has 0 radical (unpaired) electrons. The first-order valence-corrected chi connectivity index (χ1v) is 3.45. The lowest BCUT2D eigenvalue weighted by atomic mass is 10.0. The maximum Gasteiger partial charge on any atom is 0.217 e. The zero-order chi connectivity index (χ0) is 6.91.